The van der Waals surface area contributed by atoms with E-state index in [1.54, 1.807) is 18.0 Å². The molecule has 7 heteroatoms. The molecule has 21 heavy (non-hydrogen) atoms. The topological polar surface area (TPSA) is 80.9 Å². The number of carbonyl (C=O) groups is 1. The quantitative estimate of drug-likeness (QED) is 0.824. The second-order valence-corrected chi connectivity index (χ2v) is 6.20. The lowest BCUT2D eigenvalue weighted by molar-refractivity contribution is -0.120. The van der Waals surface area contributed by atoms with Crippen LogP contribution in [-0.2, 0) is 16.8 Å². The minimum absolute atomic E-state index is 0.128. The third-order valence-electron chi connectivity index (χ3n) is 2.72. The summed E-state index contributed by atoms with van der Waals surface area (Å²) in [7, 11) is 0. The lowest BCUT2D eigenvalue weighted by atomic mass is 10.1. The van der Waals surface area contributed by atoms with Gasteiger partial charge >= 0.3 is 0 Å². The van der Waals surface area contributed by atoms with E-state index in [-0.39, 0.29) is 5.91 Å². The molecule has 0 unspecified atom stereocenters. The van der Waals surface area contributed by atoms with Crippen molar-refractivity contribution in [3.63, 3.8) is 0 Å². The van der Waals surface area contributed by atoms with Crippen molar-refractivity contribution in [3.05, 3.63) is 36.1 Å². The molecule has 0 radical (unpaired) electrons. The van der Waals surface area contributed by atoms with Crippen LogP contribution in [0.25, 0.3) is 0 Å². The fourth-order valence-electron chi connectivity index (χ4n) is 1.78. The first-order valence-corrected chi connectivity index (χ1v) is 7.61. The second kappa shape index (κ2) is 6.71. The summed E-state index contributed by atoms with van der Waals surface area (Å²) in [6.07, 6.45) is 2.42. The van der Waals surface area contributed by atoms with Gasteiger partial charge < -0.3 is 9.84 Å². The highest BCUT2D eigenvalue weighted by Crippen LogP contribution is 2.19. The number of hydrogen-bond donors (Lipinski definition) is 1. The first-order valence-electron chi connectivity index (χ1n) is 6.63. The predicted molar refractivity (Wildman–Crippen MR) is 79.8 cm³/mol. The van der Waals surface area contributed by atoms with Crippen molar-refractivity contribution in [3.8, 4) is 0 Å². The summed E-state index contributed by atoms with van der Waals surface area (Å²) in [6, 6.07) is 5.80. The van der Waals surface area contributed by atoms with Gasteiger partial charge in [0, 0.05) is 25.3 Å². The molecule has 0 aliphatic carbocycles. The summed E-state index contributed by atoms with van der Waals surface area (Å²) >= 11 is 1.63. The van der Waals surface area contributed by atoms with E-state index in [2.05, 4.69) is 20.4 Å². The minimum Gasteiger partial charge on any atom is -0.344 e. The molecular formula is C14H18N4O2S. The number of nitrogens with zero attached hydrogens (tertiary/aromatic N) is 3. The SMILES string of the molecule is CC(=O)NC(C)(C)c1noc(CCSc2ccccn2)n1. The van der Waals surface area contributed by atoms with Crippen LogP contribution in [-0.4, -0.2) is 26.8 Å². The van der Waals surface area contributed by atoms with Gasteiger partial charge in [-0.3, -0.25) is 4.79 Å². The largest absolute Gasteiger partial charge is 0.344 e. The molecule has 0 aliphatic heterocycles. The van der Waals surface area contributed by atoms with Crippen LogP contribution in [0.4, 0.5) is 0 Å². The summed E-state index contributed by atoms with van der Waals surface area (Å²) in [4.78, 5) is 19.7. The van der Waals surface area contributed by atoms with Crippen LogP contribution >= 0.6 is 11.8 Å². The summed E-state index contributed by atoms with van der Waals surface area (Å²) in [5.41, 5.74) is -0.637. The van der Waals surface area contributed by atoms with Gasteiger partial charge in [0.15, 0.2) is 5.82 Å². The Morgan fingerprint density at radius 1 is 1.43 bits per heavy atom. The molecule has 0 aliphatic rings. The minimum atomic E-state index is -0.637. The zero-order valence-electron chi connectivity index (χ0n) is 12.3. The second-order valence-electron chi connectivity index (χ2n) is 5.08. The Morgan fingerprint density at radius 2 is 2.24 bits per heavy atom. The molecule has 2 aromatic heterocycles. The molecule has 1 amide bonds. The molecule has 0 bridgehead atoms. The van der Waals surface area contributed by atoms with Gasteiger partial charge in [-0.1, -0.05) is 11.2 Å². The van der Waals surface area contributed by atoms with Crippen LogP contribution < -0.4 is 5.32 Å². The highest BCUT2D eigenvalue weighted by molar-refractivity contribution is 7.99. The van der Waals surface area contributed by atoms with E-state index >= 15 is 0 Å². The third-order valence-corrected chi connectivity index (χ3v) is 3.66. The maximum Gasteiger partial charge on any atom is 0.227 e. The lowest BCUT2D eigenvalue weighted by Gasteiger charge is -2.20. The molecule has 0 aromatic carbocycles. The van der Waals surface area contributed by atoms with Crippen LogP contribution in [0.1, 0.15) is 32.5 Å². The molecule has 0 saturated carbocycles. The van der Waals surface area contributed by atoms with Gasteiger partial charge in [-0.2, -0.15) is 4.98 Å². The average Bonchev–Trinajstić information content (AvgIpc) is 2.88. The molecule has 1 N–H and O–H groups in total. The fraction of sp³-hybridized carbons (Fsp3) is 0.429. The number of carbonyl (C=O) groups excluding carboxylic acids is 1. The van der Waals surface area contributed by atoms with E-state index in [1.807, 2.05) is 32.0 Å². The predicted octanol–water partition coefficient (Wildman–Crippen LogP) is 2.17. The Balaban J connectivity index is 1.90. The Kier molecular flexibility index (Phi) is 4.95. The maximum absolute atomic E-state index is 11.2. The number of aryl methyl sites for hydroxylation is 1. The maximum atomic E-state index is 11.2. The van der Waals surface area contributed by atoms with E-state index in [0.29, 0.717) is 18.1 Å². The number of pyridine rings is 1. The van der Waals surface area contributed by atoms with Crippen LogP contribution in [0.2, 0.25) is 0 Å². The molecule has 0 fully saturated rings. The van der Waals surface area contributed by atoms with E-state index in [0.717, 1.165) is 10.8 Å². The number of rotatable bonds is 6. The summed E-state index contributed by atoms with van der Waals surface area (Å²) < 4.78 is 5.22. The fourth-order valence-corrected chi connectivity index (χ4v) is 2.58. The van der Waals surface area contributed by atoms with E-state index in [4.69, 9.17) is 4.52 Å². The number of aromatic nitrogens is 3. The molecule has 0 spiro atoms. The highest BCUT2D eigenvalue weighted by Gasteiger charge is 2.27. The van der Waals surface area contributed by atoms with Crippen LogP contribution in [0, 0.1) is 0 Å². The summed E-state index contributed by atoms with van der Waals surface area (Å²) in [5, 5.41) is 7.70. The van der Waals surface area contributed by atoms with Crippen molar-refractivity contribution in [2.24, 2.45) is 0 Å². The van der Waals surface area contributed by atoms with E-state index in [9.17, 15) is 4.79 Å². The molecule has 0 atom stereocenters. The van der Waals surface area contributed by atoms with Gasteiger partial charge in [-0.25, -0.2) is 4.98 Å². The van der Waals surface area contributed by atoms with Crippen LogP contribution in [0.5, 0.6) is 0 Å². The van der Waals surface area contributed by atoms with Crippen molar-refractivity contribution in [2.45, 2.75) is 37.8 Å². The Morgan fingerprint density at radius 3 is 2.90 bits per heavy atom. The van der Waals surface area contributed by atoms with Gasteiger partial charge in [0.05, 0.1) is 10.6 Å². The molecule has 2 heterocycles. The standard InChI is InChI=1S/C14H18N4O2S/c1-10(19)17-14(2,3)13-16-11(20-18-13)7-9-21-12-6-4-5-8-15-12/h4-6,8H,7,9H2,1-3H3,(H,17,19). The first-order chi connectivity index (χ1) is 9.97. The Labute approximate surface area is 127 Å². The molecular weight excluding hydrogens is 288 g/mol. The summed E-state index contributed by atoms with van der Waals surface area (Å²) in [6.45, 7) is 5.14. The normalized spacial score (nSPS) is 11.4. The van der Waals surface area contributed by atoms with Gasteiger partial charge in [0.2, 0.25) is 11.8 Å². The van der Waals surface area contributed by atoms with Crippen LogP contribution in [0.3, 0.4) is 0 Å². The van der Waals surface area contributed by atoms with E-state index < -0.39 is 5.54 Å². The average molecular weight is 306 g/mol. The first kappa shape index (κ1) is 15.5. The van der Waals surface area contributed by atoms with Crippen molar-refractivity contribution in [1.29, 1.82) is 0 Å². The van der Waals surface area contributed by atoms with Crippen molar-refractivity contribution in [2.75, 3.05) is 5.75 Å². The zero-order valence-corrected chi connectivity index (χ0v) is 13.1. The van der Waals surface area contributed by atoms with Crippen LogP contribution in [0.15, 0.2) is 33.9 Å². The van der Waals surface area contributed by atoms with Gasteiger partial charge in [-0.15, -0.1) is 11.8 Å². The van der Waals surface area contributed by atoms with Gasteiger partial charge in [0.1, 0.15) is 0 Å². The highest BCUT2D eigenvalue weighted by atomic mass is 32.2. The van der Waals surface area contributed by atoms with Gasteiger partial charge in [-0.05, 0) is 26.0 Å². The van der Waals surface area contributed by atoms with Gasteiger partial charge in [0.25, 0.3) is 0 Å². The number of thioether (sulfide) groups is 1. The number of nitrogens with one attached hydrogen (secondary N) is 1. The van der Waals surface area contributed by atoms with Crippen molar-refractivity contribution >= 4 is 17.7 Å². The smallest absolute Gasteiger partial charge is 0.227 e. The molecule has 6 nitrogen and oxygen atoms in total. The molecule has 112 valence electrons. The third kappa shape index (κ3) is 4.56. The lowest BCUT2D eigenvalue weighted by Crippen LogP contribution is -2.40. The Hall–Kier alpha value is -1.89. The summed E-state index contributed by atoms with van der Waals surface area (Å²) in [5.74, 6) is 1.72. The number of hydrogen-bond acceptors (Lipinski definition) is 6. The molecule has 0 saturated heterocycles. The van der Waals surface area contributed by atoms with E-state index in [1.165, 1.54) is 6.92 Å². The zero-order chi connectivity index (χ0) is 15.3. The molecule has 2 aromatic rings. The van der Waals surface area contributed by atoms with Crippen molar-refractivity contribution < 1.29 is 9.32 Å². The Bertz CT molecular complexity index is 598. The van der Waals surface area contributed by atoms with Crippen molar-refractivity contribution in [1.82, 2.24) is 20.4 Å². The molecule has 2 rings (SSSR count). The monoisotopic (exact) mass is 306 g/mol. The number of amides is 1.